The van der Waals surface area contributed by atoms with Crippen molar-refractivity contribution in [2.24, 2.45) is 0 Å². The zero-order valence-electron chi connectivity index (χ0n) is 8.97. The van der Waals surface area contributed by atoms with Crippen molar-refractivity contribution in [1.82, 2.24) is 0 Å². The Morgan fingerprint density at radius 3 is 2.56 bits per heavy atom. The second-order valence-electron chi connectivity index (χ2n) is 2.93. The summed E-state index contributed by atoms with van der Waals surface area (Å²) in [5.41, 5.74) is 0.343. The smallest absolute Gasteiger partial charge is 0.459 e. The van der Waals surface area contributed by atoms with Gasteiger partial charge in [0.15, 0.2) is 0 Å². The Balaban J connectivity index is 2.92. The number of hydrogen-bond acceptors (Lipinski definition) is 3. The summed E-state index contributed by atoms with van der Waals surface area (Å²) in [6, 6.07) is 3.50. The fourth-order valence-corrected chi connectivity index (χ4v) is 1.42. The maximum absolute atomic E-state index is 11.9. The molecule has 0 atom stereocenters. The molecule has 0 unspecified atom stereocenters. The van der Waals surface area contributed by atoms with Crippen LogP contribution in [-0.4, -0.2) is 19.4 Å². The molecule has 0 amide bonds. The number of benzene rings is 1. The highest BCUT2D eigenvalue weighted by Gasteiger charge is 2.31. The highest BCUT2D eigenvalue weighted by molar-refractivity contribution is 9.10. The van der Waals surface area contributed by atoms with E-state index in [4.69, 9.17) is 0 Å². The van der Waals surface area contributed by atoms with E-state index >= 15 is 0 Å². The zero-order valence-corrected chi connectivity index (χ0v) is 10.6. The molecule has 0 saturated heterocycles. The van der Waals surface area contributed by atoms with E-state index in [1.54, 1.807) is 0 Å². The molecule has 1 aromatic carbocycles. The molecule has 0 N–H and O–H groups in total. The van der Waals surface area contributed by atoms with Crippen molar-refractivity contribution in [2.75, 3.05) is 7.11 Å². The number of alkyl halides is 3. The standard InChI is InChI=1S/C11H6BrF3O3/c1-17-10(16)5-3-7-2-4-8(6-9(7)12)18-11(13,14)15/h2,4,6H,1H3. The summed E-state index contributed by atoms with van der Waals surface area (Å²) in [7, 11) is 1.17. The van der Waals surface area contributed by atoms with Crippen molar-refractivity contribution in [2.45, 2.75) is 6.36 Å². The third kappa shape index (κ3) is 4.67. The first-order valence-corrected chi connectivity index (χ1v) is 5.26. The third-order valence-electron chi connectivity index (χ3n) is 1.66. The van der Waals surface area contributed by atoms with Gasteiger partial charge in [-0.05, 0) is 34.1 Å². The number of hydrogen-bond donors (Lipinski definition) is 0. The Kier molecular flexibility index (Phi) is 4.62. The van der Waals surface area contributed by atoms with Gasteiger partial charge < -0.3 is 9.47 Å². The number of esters is 1. The molecule has 96 valence electrons. The topological polar surface area (TPSA) is 35.5 Å². The molecule has 18 heavy (non-hydrogen) atoms. The van der Waals surface area contributed by atoms with E-state index in [-0.39, 0.29) is 10.2 Å². The monoisotopic (exact) mass is 322 g/mol. The van der Waals surface area contributed by atoms with Gasteiger partial charge in [0.1, 0.15) is 5.75 Å². The van der Waals surface area contributed by atoms with Crippen LogP contribution in [-0.2, 0) is 9.53 Å². The van der Waals surface area contributed by atoms with Crippen molar-refractivity contribution in [1.29, 1.82) is 0 Å². The summed E-state index contributed by atoms with van der Waals surface area (Å²) >= 11 is 3.02. The molecular formula is C11H6BrF3O3. The SMILES string of the molecule is COC(=O)C#Cc1ccc(OC(F)(F)F)cc1Br. The minimum Gasteiger partial charge on any atom is -0.459 e. The quantitative estimate of drug-likeness (QED) is 0.589. The van der Waals surface area contributed by atoms with Crippen LogP contribution < -0.4 is 4.74 Å². The molecule has 0 heterocycles. The number of carbonyl (C=O) groups excluding carboxylic acids is 1. The molecule has 0 radical (unpaired) electrons. The van der Waals surface area contributed by atoms with Gasteiger partial charge in [-0.25, -0.2) is 4.79 Å². The molecular weight excluding hydrogens is 317 g/mol. The minimum absolute atomic E-state index is 0.278. The lowest BCUT2D eigenvalue weighted by atomic mass is 10.2. The van der Waals surface area contributed by atoms with Crippen LogP contribution in [0.4, 0.5) is 13.2 Å². The first-order valence-electron chi connectivity index (χ1n) is 4.47. The van der Waals surface area contributed by atoms with Crippen molar-refractivity contribution < 1.29 is 27.4 Å². The van der Waals surface area contributed by atoms with Gasteiger partial charge in [-0.3, -0.25) is 0 Å². The van der Waals surface area contributed by atoms with Crippen LogP contribution >= 0.6 is 15.9 Å². The van der Waals surface area contributed by atoms with Crippen LogP contribution in [0.2, 0.25) is 0 Å². The number of halogens is 4. The first kappa shape index (κ1) is 14.4. The fourth-order valence-electron chi connectivity index (χ4n) is 0.964. The number of methoxy groups -OCH3 is 1. The van der Waals surface area contributed by atoms with Crippen molar-refractivity contribution in [3.05, 3.63) is 28.2 Å². The van der Waals surface area contributed by atoms with E-state index in [9.17, 15) is 18.0 Å². The van der Waals surface area contributed by atoms with E-state index in [2.05, 4.69) is 37.2 Å². The predicted molar refractivity (Wildman–Crippen MR) is 59.7 cm³/mol. The van der Waals surface area contributed by atoms with Gasteiger partial charge in [0.2, 0.25) is 0 Å². The molecule has 1 rings (SSSR count). The van der Waals surface area contributed by atoms with Crippen LogP contribution in [0.25, 0.3) is 0 Å². The van der Waals surface area contributed by atoms with Crippen LogP contribution in [0.15, 0.2) is 22.7 Å². The van der Waals surface area contributed by atoms with E-state index in [1.807, 2.05) is 0 Å². The van der Waals surface area contributed by atoms with Crippen LogP contribution in [0.3, 0.4) is 0 Å². The van der Waals surface area contributed by atoms with Gasteiger partial charge in [0.25, 0.3) is 0 Å². The highest BCUT2D eigenvalue weighted by Crippen LogP contribution is 2.27. The molecule has 0 fully saturated rings. The maximum atomic E-state index is 11.9. The molecule has 0 aliphatic heterocycles. The van der Waals surface area contributed by atoms with Gasteiger partial charge >= 0.3 is 12.3 Å². The molecule has 7 heteroatoms. The van der Waals surface area contributed by atoms with Gasteiger partial charge in [-0.1, -0.05) is 5.92 Å². The predicted octanol–water partition coefficient (Wildman–Crippen LogP) is 2.87. The van der Waals surface area contributed by atoms with Crippen molar-refractivity contribution in [3.63, 3.8) is 0 Å². The lowest BCUT2D eigenvalue weighted by Gasteiger charge is -2.09. The molecule has 0 aliphatic carbocycles. The second-order valence-corrected chi connectivity index (χ2v) is 3.79. The molecule has 0 bridgehead atoms. The Hall–Kier alpha value is -1.68. The van der Waals surface area contributed by atoms with E-state index in [0.717, 1.165) is 12.1 Å². The first-order chi connectivity index (χ1) is 8.31. The lowest BCUT2D eigenvalue weighted by molar-refractivity contribution is -0.274. The van der Waals surface area contributed by atoms with Gasteiger partial charge in [0, 0.05) is 16.0 Å². The molecule has 0 aromatic heterocycles. The average Bonchev–Trinajstić information content (AvgIpc) is 2.25. The molecule has 1 aromatic rings. The van der Waals surface area contributed by atoms with Gasteiger partial charge in [0.05, 0.1) is 7.11 Å². The van der Waals surface area contributed by atoms with Crippen molar-refractivity contribution in [3.8, 4) is 17.6 Å². The Morgan fingerprint density at radius 1 is 1.39 bits per heavy atom. The van der Waals surface area contributed by atoms with Gasteiger partial charge in [-0.15, -0.1) is 13.2 Å². The summed E-state index contributed by atoms with van der Waals surface area (Å²) < 4.78 is 44.1. The summed E-state index contributed by atoms with van der Waals surface area (Å²) in [5.74, 6) is 3.48. The Bertz CT molecular complexity index is 514. The summed E-state index contributed by atoms with van der Waals surface area (Å²) in [4.78, 5) is 10.8. The van der Waals surface area contributed by atoms with Crippen molar-refractivity contribution >= 4 is 21.9 Å². The Morgan fingerprint density at radius 2 is 2.06 bits per heavy atom. The van der Waals surface area contributed by atoms with E-state index < -0.39 is 12.3 Å². The van der Waals surface area contributed by atoms with E-state index in [0.29, 0.717) is 5.56 Å². The second kappa shape index (κ2) is 5.78. The number of ether oxygens (including phenoxy) is 2. The van der Waals surface area contributed by atoms with Crippen LogP contribution in [0.1, 0.15) is 5.56 Å². The summed E-state index contributed by atoms with van der Waals surface area (Å²) in [6.07, 6.45) is -4.75. The molecule has 3 nitrogen and oxygen atoms in total. The molecule has 0 saturated carbocycles. The molecule has 0 aliphatic rings. The number of carbonyl (C=O) groups is 1. The Labute approximate surface area is 109 Å². The van der Waals surface area contributed by atoms with E-state index in [1.165, 1.54) is 13.2 Å². The summed E-state index contributed by atoms with van der Waals surface area (Å²) in [5, 5.41) is 0. The van der Waals surface area contributed by atoms with Gasteiger partial charge in [-0.2, -0.15) is 0 Å². The minimum atomic E-state index is -4.75. The summed E-state index contributed by atoms with van der Waals surface area (Å²) in [6.45, 7) is 0. The normalized spacial score (nSPS) is 10.3. The lowest BCUT2D eigenvalue weighted by Crippen LogP contribution is -2.17. The number of rotatable bonds is 1. The van der Waals surface area contributed by atoms with Crippen LogP contribution in [0, 0.1) is 11.8 Å². The third-order valence-corrected chi connectivity index (χ3v) is 2.31. The zero-order chi connectivity index (χ0) is 13.8. The molecule has 0 spiro atoms. The highest BCUT2D eigenvalue weighted by atomic mass is 79.9. The fraction of sp³-hybridized carbons (Fsp3) is 0.182. The average molecular weight is 323 g/mol. The van der Waals surface area contributed by atoms with Crippen LogP contribution in [0.5, 0.6) is 5.75 Å². The largest absolute Gasteiger partial charge is 0.573 e. The maximum Gasteiger partial charge on any atom is 0.573 e.